The van der Waals surface area contributed by atoms with Gasteiger partial charge in [-0.25, -0.2) is 14.5 Å². The van der Waals surface area contributed by atoms with Crippen LogP contribution in [0.25, 0.3) is 22.2 Å². The third-order valence-electron chi connectivity index (χ3n) is 5.42. The van der Waals surface area contributed by atoms with Gasteiger partial charge in [0.1, 0.15) is 11.4 Å². The zero-order chi connectivity index (χ0) is 23.1. The smallest absolute Gasteiger partial charge is 0.267 e. The lowest BCUT2D eigenvalue weighted by molar-refractivity contribution is 0.0938. The van der Waals surface area contributed by atoms with E-state index >= 15 is 0 Å². The third kappa shape index (κ3) is 3.54. The number of carbonyl (C=O) groups is 1. The molecule has 0 aliphatic heterocycles. The molecule has 0 saturated carbocycles. The molecule has 0 aliphatic rings. The molecule has 1 N–H and O–H groups in total. The molecule has 1 amide bonds. The summed E-state index contributed by atoms with van der Waals surface area (Å²) < 4.78 is 3.05. The Kier molecular flexibility index (Phi) is 5.14. The normalized spacial score (nSPS) is 12.2. The summed E-state index contributed by atoms with van der Waals surface area (Å²) in [5, 5.41) is 7.96. The van der Waals surface area contributed by atoms with Crippen LogP contribution in [0, 0.1) is 6.92 Å². The Morgan fingerprint density at radius 3 is 2.67 bits per heavy atom. The van der Waals surface area contributed by atoms with Crippen LogP contribution in [0.2, 0.25) is 5.02 Å². The van der Waals surface area contributed by atoms with Gasteiger partial charge in [-0.1, -0.05) is 35.9 Å². The number of benzene rings is 2. The van der Waals surface area contributed by atoms with E-state index in [2.05, 4.69) is 15.4 Å². The van der Waals surface area contributed by atoms with Gasteiger partial charge in [0.15, 0.2) is 5.65 Å². The summed E-state index contributed by atoms with van der Waals surface area (Å²) in [5.41, 5.74) is 2.17. The van der Waals surface area contributed by atoms with Crippen molar-refractivity contribution >= 4 is 34.1 Å². The van der Waals surface area contributed by atoms with E-state index in [9.17, 15) is 9.59 Å². The number of halogens is 1. The number of fused-ring (bicyclic) bond motifs is 2. The van der Waals surface area contributed by atoms with Crippen LogP contribution in [-0.4, -0.2) is 30.1 Å². The summed E-state index contributed by atoms with van der Waals surface area (Å²) in [5.74, 6) is 0.0326. The minimum absolute atomic E-state index is 0.304. The summed E-state index contributed by atoms with van der Waals surface area (Å²) >= 11 is 6.34. The lowest BCUT2D eigenvalue weighted by atomic mass is 10.1. The predicted octanol–water partition coefficient (Wildman–Crippen LogP) is 3.88. The zero-order valence-electron chi connectivity index (χ0n) is 17.9. The fourth-order valence-electron chi connectivity index (χ4n) is 3.92. The highest BCUT2D eigenvalue weighted by molar-refractivity contribution is 6.35. The van der Waals surface area contributed by atoms with Gasteiger partial charge in [-0.3, -0.25) is 14.2 Å². The zero-order valence-corrected chi connectivity index (χ0v) is 18.6. The van der Waals surface area contributed by atoms with E-state index in [0.717, 1.165) is 0 Å². The first kappa shape index (κ1) is 20.8. The summed E-state index contributed by atoms with van der Waals surface area (Å²) in [6, 6.07) is 15.4. The first-order valence-electron chi connectivity index (χ1n) is 10.3. The number of hydrogen-bond donors (Lipinski definition) is 1. The molecule has 8 nitrogen and oxygen atoms in total. The molecular formula is C24H19ClN6O2. The molecule has 0 unspecified atom stereocenters. The van der Waals surface area contributed by atoms with Crippen LogP contribution in [0.1, 0.15) is 34.8 Å². The highest BCUT2D eigenvalue weighted by Gasteiger charge is 2.24. The number of nitrogens with one attached hydrogen (secondary N) is 1. The number of rotatable bonds is 4. The molecule has 3 heterocycles. The number of aryl methyl sites for hydroxylation is 1. The molecular weight excluding hydrogens is 440 g/mol. The second-order valence-corrected chi connectivity index (χ2v) is 8.03. The van der Waals surface area contributed by atoms with Crippen molar-refractivity contribution in [2.75, 3.05) is 0 Å². The van der Waals surface area contributed by atoms with Crippen molar-refractivity contribution in [1.82, 2.24) is 29.5 Å². The van der Waals surface area contributed by atoms with Crippen LogP contribution in [-0.2, 0) is 0 Å². The van der Waals surface area contributed by atoms with Gasteiger partial charge in [-0.2, -0.15) is 5.10 Å². The second kappa shape index (κ2) is 8.14. The lowest BCUT2D eigenvalue weighted by Crippen LogP contribution is -2.33. The molecule has 0 bridgehead atoms. The fraction of sp³-hybridized carbons (Fsp3) is 0.125. The molecule has 5 rings (SSSR count). The summed E-state index contributed by atoms with van der Waals surface area (Å²) in [4.78, 5) is 35.8. The Morgan fingerprint density at radius 1 is 1.09 bits per heavy atom. The van der Waals surface area contributed by atoms with Gasteiger partial charge in [0.25, 0.3) is 11.5 Å². The van der Waals surface area contributed by atoms with Gasteiger partial charge >= 0.3 is 0 Å². The Balaban J connectivity index is 1.64. The minimum Gasteiger partial charge on any atom is -0.342 e. The fourth-order valence-corrected chi connectivity index (χ4v) is 4.17. The first-order chi connectivity index (χ1) is 16.0. The monoisotopic (exact) mass is 458 g/mol. The molecule has 0 fully saturated rings. The highest BCUT2D eigenvalue weighted by atomic mass is 35.5. The van der Waals surface area contributed by atoms with Crippen molar-refractivity contribution in [3.05, 3.63) is 99.4 Å². The average molecular weight is 459 g/mol. The molecule has 1 atom stereocenters. The van der Waals surface area contributed by atoms with Crippen LogP contribution in [0.4, 0.5) is 0 Å². The van der Waals surface area contributed by atoms with E-state index in [-0.39, 0.29) is 11.5 Å². The van der Waals surface area contributed by atoms with Crippen molar-refractivity contribution < 1.29 is 4.79 Å². The van der Waals surface area contributed by atoms with E-state index in [1.54, 1.807) is 55.0 Å². The van der Waals surface area contributed by atoms with E-state index in [4.69, 9.17) is 16.6 Å². The first-order valence-corrected chi connectivity index (χ1v) is 10.7. The van der Waals surface area contributed by atoms with Gasteiger partial charge in [-0.15, -0.1) is 0 Å². The number of carbonyl (C=O) groups excluding carboxylic acids is 1. The molecule has 0 aliphatic carbocycles. The standard InChI is InChI=1S/C24H19ClN6O2/c1-14-19(22-26-12-7-13-30(22)29-14)23(32)27-15(2)21-28-18-11-6-10-17(25)20(18)24(33)31(21)16-8-4-3-5-9-16/h3-13,15H,1-2H3,(H,27,32)/t15-/m0/s1. The molecule has 5 aromatic rings. The van der Waals surface area contributed by atoms with Gasteiger partial charge in [0.2, 0.25) is 0 Å². The van der Waals surface area contributed by atoms with Gasteiger partial charge in [-0.05, 0) is 44.2 Å². The maximum atomic E-state index is 13.5. The van der Waals surface area contributed by atoms with Gasteiger partial charge in [0, 0.05) is 12.4 Å². The number of amides is 1. The highest BCUT2D eigenvalue weighted by Crippen LogP contribution is 2.23. The van der Waals surface area contributed by atoms with E-state index in [1.165, 1.54) is 4.57 Å². The quantitative estimate of drug-likeness (QED) is 0.441. The van der Waals surface area contributed by atoms with Crippen molar-refractivity contribution in [2.24, 2.45) is 0 Å². The van der Waals surface area contributed by atoms with Crippen LogP contribution in [0.5, 0.6) is 0 Å². The second-order valence-electron chi connectivity index (χ2n) is 7.62. The molecule has 33 heavy (non-hydrogen) atoms. The number of aromatic nitrogens is 5. The van der Waals surface area contributed by atoms with E-state index < -0.39 is 6.04 Å². The Hall–Kier alpha value is -4.04. The topological polar surface area (TPSA) is 94.2 Å². The van der Waals surface area contributed by atoms with Crippen molar-refractivity contribution in [2.45, 2.75) is 19.9 Å². The maximum absolute atomic E-state index is 13.5. The molecule has 0 saturated heterocycles. The van der Waals surface area contributed by atoms with Crippen molar-refractivity contribution in [1.29, 1.82) is 0 Å². The molecule has 2 aromatic carbocycles. The molecule has 0 spiro atoms. The number of para-hydroxylation sites is 1. The SMILES string of the molecule is Cc1nn2cccnc2c1C(=O)N[C@@H](C)c1nc2cccc(Cl)c2c(=O)n1-c1ccccc1. The summed E-state index contributed by atoms with van der Waals surface area (Å²) in [6.07, 6.45) is 3.34. The van der Waals surface area contributed by atoms with E-state index in [1.807, 2.05) is 30.3 Å². The molecule has 3 aromatic heterocycles. The summed E-state index contributed by atoms with van der Waals surface area (Å²) in [6.45, 7) is 3.54. The average Bonchev–Trinajstić information content (AvgIpc) is 3.15. The van der Waals surface area contributed by atoms with Crippen molar-refractivity contribution in [3.63, 3.8) is 0 Å². The largest absolute Gasteiger partial charge is 0.342 e. The lowest BCUT2D eigenvalue weighted by Gasteiger charge is -2.20. The Bertz CT molecular complexity index is 1580. The van der Waals surface area contributed by atoms with Crippen LogP contribution >= 0.6 is 11.6 Å². The minimum atomic E-state index is -0.605. The van der Waals surface area contributed by atoms with Gasteiger partial charge < -0.3 is 5.32 Å². The number of nitrogens with zero attached hydrogens (tertiary/aromatic N) is 5. The summed E-state index contributed by atoms with van der Waals surface area (Å²) in [7, 11) is 0. The molecule has 9 heteroatoms. The third-order valence-corrected chi connectivity index (χ3v) is 5.73. The van der Waals surface area contributed by atoms with Crippen LogP contribution in [0.15, 0.2) is 71.8 Å². The Morgan fingerprint density at radius 2 is 1.88 bits per heavy atom. The predicted molar refractivity (Wildman–Crippen MR) is 126 cm³/mol. The van der Waals surface area contributed by atoms with Crippen LogP contribution in [0.3, 0.4) is 0 Å². The Labute approximate surface area is 193 Å². The van der Waals surface area contributed by atoms with Gasteiger partial charge in [0.05, 0.1) is 33.3 Å². The molecule has 164 valence electrons. The van der Waals surface area contributed by atoms with E-state index in [0.29, 0.717) is 44.3 Å². The maximum Gasteiger partial charge on any atom is 0.267 e. The number of hydrogen-bond acceptors (Lipinski definition) is 5. The molecule has 0 radical (unpaired) electrons. The van der Waals surface area contributed by atoms with Crippen molar-refractivity contribution in [3.8, 4) is 5.69 Å². The van der Waals surface area contributed by atoms with Crippen LogP contribution < -0.4 is 10.9 Å².